The number of cyclic esters (lactones) is 1. The second-order valence-corrected chi connectivity index (χ2v) is 5.84. The Hall–Kier alpha value is -2.93. The van der Waals surface area contributed by atoms with Crippen LogP contribution in [-0.2, 0) is 9.53 Å². The van der Waals surface area contributed by atoms with Crippen molar-refractivity contribution >= 4 is 12.0 Å². The Balaban J connectivity index is 1.91. The lowest BCUT2D eigenvalue weighted by Crippen LogP contribution is -2.39. The molecule has 2 atom stereocenters. The largest absolute Gasteiger partial charge is 0.494 e. The van der Waals surface area contributed by atoms with Crippen LogP contribution in [0.3, 0.4) is 0 Å². The molecule has 2 aromatic carbocycles. The summed E-state index contributed by atoms with van der Waals surface area (Å²) < 4.78 is 23.9. The molecule has 7 heteroatoms. The van der Waals surface area contributed by atoms with E-state index in [4.69, 9.17) is 9.47 Å². The fourth-order valence-corrected chi connectivity index (χ4v) is 2.98. The highest BCUT2D eigenvalue weighted by Crippen LogP contribution is 2.32. The summed E-state index contributed by atoms with van der Waals surface area (Å²) in [5, 5.41) is 9.72. The lowest BCUT2D eigenvalue weighted by Gasteiger charge is -2.24. The fraction of sp³-hybridized carbons (Fsp3) is 0.263. The van der Waals surface area contributed by atoms with E-state index in [1.165, 1.54) is 19.2 Å². The van der Waals surface area contributed by atoms with Gasteiger partial charge in [0.1, 0.15) is 12.6 Å². The standard InChI is InChI=1S/C19H18FNO5/c1-25-17-8-7-13(9-15(17)20)14(10-22)18(23)21-16(11-26-19(21)24)12-5-3-2-4-6-12/h2-9,14,16,22H,10-11H2,1H3. The third kappa shape index (κ3) is 3.25. The van der Waals surface area contributed by atoms with E-state index in [0.717, 1.165) is 16.5 Å². The number of ether oxygens (including phenoxy) is 2. The molecule has 0 radical (unpaired) electrons. The van der Waals surface area contributed by atoms with Crippen molar-refractivity contribution in [3.63, 3.8) is 0 Å². The van der Waals surface area contributed by atoms with Gasteiger partial charge in [-0.1, -0.05) is 36.4 Å². The summed E-state index contributed by atoms with van der Waals surface area (Å²) in [6.07, 6.45) is -0.781. The van der Waals surface area contributed by atoms with Gasteiger partial charge >= 0.3 is 6.09 Å². The Labute approximate surface area is 149 Å². The minimum Gasteiger partial charge on any atom is -0.494 e. The lowest BCUT2D eigenvalue weighted by molar-refractivity contribution is -0.131. The van der Waals surface area contributed by atoms with Gasteiger partial charge in [-0.15, -0.1) is 0 Å². The third-order valence-electron chi connectivity index (χ3n) is 4.35. The molecule has 1 aliphatic heterocycles. The summed E-state index contributed by atoms with van der Waals surface area (Å²) in [6, 6.07) is 12.4. The van der Waals surface area contributed by atoms with Crippen molar-refractivity contribution in [2.45, 2.75) is 12.0 Å². The van der Waals surface area contributed by atoms with Gasteiger partial charge in [-0.05, 0) is 23.3 Å². The SMILES string of the molecule is COc1ccc(C(CO)C(=O)N2C(=O)OCC2c2ccccc2)cc1F. The second-order valence-electron chi connectivity index (χ2n) is 5.84. The number of carbonyl (C=O) groups is 2. The molecule has 3 rings (SSSR count). The van der Waals surface area contributed by atoms with Crippen LogP contribution in [0.2, 0.25) is 0 Å². The van der Waals surface area contributed by atoms with E-state index in [9.17, 15) is 19.1 Å². The minimum atomic E-state index is -1.09. The molecule has 1 heterocycles. The number of nitrogens with zero attached hydrogens (tertiary/aromatic N) is 1. The predicted molar refractivity (Wildman–Crippen MR) is 90.2 cm³/mol. The van der Waals surface area contributed by atoms with Gasteiger partial charge in [-0.3, -0.25) is 4.79 Å². The number of aliphatic hydroxyl groups is 1. The molecule has 0 aromatic heterocycles. The van der Waals surface area contributed by atoms with Crippen molar-refractivity contribution in [1.82, 2.24) is 4.90 Å². The maximum absolute atomic E-state index is 14.0. The Morgan fingerprint density at radius 2 is 2.08 bits per heavy atom. The van der Waals surface area contributed by atoms with Crippen LogP contribution < -0.4 is 4.74 Å². The van der Waals surface area contributed by atoms with Crippen LogP contribution in [0.4, 0.5) is 9.18 Å². The number of carbonyl (C=O) groups excluding carboxylic acids is 2. The average molecular weight is 359 g/mol. The molecule has 1 N–H and O–H groups in total. The Morgan fingerprint density at radius 3 is 2.69 bits per heavy atom. The van der Waals surface area contributed by atoms with Crippen molar-refractivity contribution in [2.24, 2.45) is 0 Å². The van der Waals surface area contributed by atoms with Gasteiger partial charge < -0.3 is 14.6 Å². The molecule has 2 amide bonds. The van der Waals surface area contributed by atoms with Crippen molar-refractivity contribution in [3.05, 3.63) is 65.5 Å². The van der Waals surface area contributed by atoms with E-state index in [0.29, 0.717) is 0 Å². The molecule has 0 saturated carbocycles. The molecule has 26 heavy (non-hydrogen) atoms. The molecule has 6 nitrogen and oxygen atoms in total. The topological polar surface area (TPSA) is 76.1 Å². The maximum atomic E-state index is 14.0. The molecule has 0 aliphatic carbocycles. The molecule has 0 spiro atoms. The van der Waals surface area contributed by atoms with E-state index >= 15 is 0 Å². The average Bonchev–Trinajstić information content (AvgIpc) is 3.04. The number of hydrogen-bond donors (Lipinski definition) is 1. The molecule has 136 valence electrons. The van der Waals surface area contributed by atoms with Crippen LogP contribution in [0, 0.1) is 5.82 Å². The predicted octanol–water partition coefficient (Wildman–Crippen LogP) is 2.63. The van der Waals surface area contributed by atoms with Gasteiger partial charge in [0.2, 0.25) is 5.91 Å². The highest BCUT2D eigenvalue weighted by molar-refractivity contribution is 5.97. The van der Waals surface area contributed by atoms with Crippen molar-refractivity contribution in [2.75, 3.05) is 20.3 Å². The number of aliphatic hydroxyl groups excluding tert-OH is 1. The van der Waals surface area contributed by atoms with Crippen molar-refractivity contribution < 1.29 is 28.6 Å². The van der Waals surface area contributed by atoms with E-state index < -0.39 is 36.4 Å². The molecule has 0 bridgehead atoms. The number of hydrogen-bond acceptors (Lipinski definition) is 5. The number of halogens is 1. The van der Waals surface area contributed by atoms with E-state index in [-0.39, 0.29) is 17.9 Å². The first kappa shape index (κ1) is 17.9. The molecular weight excluding hydrogens is 341 g/mol. The quantitative estimate of drug-likeness (QED) is 0.888. The first-order valence-corrected chi connectivity index (χ1v) is 8.06. The van der Waals surface area contributed by atoms with Crippen LogP contribution >= 0.6 is 0 Å². The molecular formula is C19H18FNO5. The maximum Gasteiger partial charge on any atom is 0.417 e. The normalized spacial score (nSPS) is 17.7. The van der Waals surface area contributed by atoms with Gasteiger partial charge in [0.25, 0.3) is 0 Å². The van der Waals surface area contributed by atoms with E-state index in [1.54, 1.807) is 24.3 Å². The van der Waals surface area contributed by atoms with Gasteiger partial charge in [0.15, 0.2) is 11.6 Å². The molecule has 2 unspecified atom stereocenters. The lowest BCUT2D eigenvalue weighted by atomic mass is 9.96. The summed E-state index contributed by atoms with van der Waals surface area (Å²) in [6.45, 7) is -0.542. The summed E-state index contributed by atoms with van der Waals surface area (Å²) >= 11 is 0. The Bertz CT molecular complexity index is 811. The molecule has 2 aromatic rings. The monoisotopic (exact) mass is 359 g/mol. The number of rotatable bonds is 5. The first-order valence-electron chi connectivity index (χ1n) is 8.06. The van der Waals surface area contributed by atoms with Crippen LogP contribution in [-0.4, -0.2) is 42.3 Å². The highest BCUT2D eigenvalue weighted by atomic mass is 19.1. The number of imide groups is 1. The van der Waals surface area contributed by atoms with Gasteiger partial charge in [0, 0.05) is 0 Å². The summed E-state index contributed by atoms with van der Waals surface area (Å²) in [4.78, 5) is 26.1. The van der Waals surface area contributed by atoms with Gasteiger partial charge in [-0.2, -0.15) is 0 Å². The Morgan fingerprint density at radius 1 is 1.35 bits per heavy atom. The zero-order chi connectivity index (χ0) is 18.7. The third-order valence-corrected chi connectivity index (χ3v) is 4.35. The minimum absolute atomic E-state index is 0.0284. The van der Waals surface area contributed by atoms with E-state index in [1.807, 2.05) is 6.07 Å². The van der Waals surface area contributed by atoms with Crippen LogP contribution in [0.25, 0.3) is 0 Å². The highest BCUT2D eigenvalue weighted by Gasteiger charge is 2.41. The number of methoxy groups -OCH3 is 1. The summed E-state index contributed by atoms with van der Waals surface area (Å²) in [5.74, 6) is -2.36. The number of amides is 2. The number of benzene rings is 2. The zero-order valence-corrected chi connectivity index (χ0v) is 14.1. The molecule has 1 fully saturated rings. The second kappa shape index (κ2) is 7.53. The van der Waals surface area contributed by atoms with Gasteiger partial charge in [0.05, 0.1) is 19.6 Å². The first-order chi connectivity index (χ1) is 12.6. The fourth-order valence-electron chi connectivity index (χ4n) is 2.98. The summed E-state index contributed by atoms with van der Waals surface area (Å²) in [7, 11) is 1.33. The van der Waals surface area contributed by atoms with Gasteiger partial charge in [-0.25, -0.2) is 14.1 Å². The zero-order valence-electron chi connectivity index (χ0n) is 14.1. The Kier molecular flexibility index (Phi) is 5.18. The smallest absolute Gasteiger partial charge is 0.417 e. The van der Waals surface area contributed by atoms with Crippen LogP contribution in [0.1, 0.15) is 23.1 Å². The molecule has 1 aliphatic rings. The van der Waals surface area contributed by atoms with Crippen molar-refractivity contribution in [3.8, 4) is 5.75 Å². The van der Waals surface area contributed by atoms with E-state index in [2.05, 4.69) is 0 Å². The van der Waals surface area contributed by atoms with Crippen LogP contribution in [0.15, 0.2) is 48.5 Å². The van der Waals surface area contributed by atoms with Crippen molar-refractivity contribution in [1.29, 1.82) is 0 Å². The molecule has 1 saturated heterocycles. The van der Waals surface area contributed by atoms with Crippen LogP contribution in [0.5, 0.6) is 5.75 Å². The summed E-state index contributed by atoms with van der Waals surface area (Å²) in [5.41, 5.74) is 0.992.